The average Bonchev–Trinajstić information content (AvgIpc) is 2.99. The predicted octanol–water partition coefficient (Wildman–Crippen LogP) is 0.870. The number of thioether (sulfide) groups is 2. The maximum atomic E-state index is 5.50. The fourth-order valence-electron chi connectivity index (χ4n) is 0.840. The van der Waals surface area contributed by atoms with Gasteiger partial charge in [-0.3, -0.25) is 0 Å². The van der Waals surface area contributed by atoms with E-state index in [-0.39, 0.29) is 0 Å². The van der Waals surface area contributed by atoms with Gasteiger partial charge in [-0.15, -0.1) is 0 Å². The Hall–Kier alpha value is 1.14. The Morgan fingerprint density at radius 2 is 1.46 bits per heavy atom. The third kappa shape index (κ3) is 5.55. The Morgan fingerprint density at radius 3 is 1.85 bits per heavy atom. The Kier molecular flexibility index (Phi) is 4.82. The molecule has 0 radical (unpaired) electrons. The van der Waals surface area contributed by atoms with Crippen LogP contribution in [0.5, 0.6) is 0 Å². The molecule has 2 unspecified atom stereocenters. The van der Waals surface area contributed by atoms with Crippen molar-refractivity contribution in [3.05, 3.63) is 0 Å². The minimum absolute atomic E-state index is 0.541. The second-order valence-electron chi connectivity index (χ2n) is 3.09. The van der Waals surface area contributed by atoms with Gasteiger partial charge in [0.15, 0.2) is 0 Å². The first-order valence-corrected chi connectivity index (χ1v) is 8.93. The Morgan fingerprint density at radius 1 is 1.00 bits per heavy atom. The molecule has 2 heterocycles. The molecule has 0 N–H and O–H groups in total. The number of rotatable bonds is 8. The molecule has 5 heteroatoms. The molecule has 0 aliphatic carbocycles. The van der Waals surface area contributed by atoms with Gasteiger partial charge in [0.1, 0.15) is 0 Å². The molecular formula is C8H14O2S2Se. The van der Waals surface area contributed by atoms with Crippen LogP contribution < -0.4 is 0 Å². The summed E-state index contributed by atoms with van der Waals surface area (Å²) >= 11 is 4.53. The van der Waals surface area contributed by atoms with Gasteiger partial charge in [-0.05, 0) is 0 Å². The van der Waals surface area contributed by atoms with Crippen LogP contribution in [0.2, 0.25) is 0 Å². The molecule has 0 saturated carbocycles. The summed E-state index contributed by atoms with van der Waals surface area (Å²) in [7, 11) is 0. The van der Waals surface area contributed by atoms with Gasteiger partial charge in [-0.2, -0.15) is 0 Å². The standard InChI is InChI=1S/C8H14O2S2Se/c1(7-3-11-7)9-5-13-6-10-2-8-4-12-8/h7-8H,1-6H2. The third-order valence-corrected chi connectivity index (χ3v) is 5.03. The van der Waals surface area contributed by atoms with Crippen LogP contribution in [-0.4, -0.2) is 61.2 Å². The topological polar surface area (TPSA) is 18.5 Å². The van der Waals surface area contributed by atoms with Crippen LogP contribution in [0.3, 0.4) is 0 Å². The van der Waals surface area contributed by atoms with Crippen molar-refractivity contribution in [3.8, 4) is 0 Å². The van der Waals surface area contributed by atoms with Crippen LogP contribution in [0.15, 0.2) is 0 Å². The number of ether oxygens (including phenoxy) is 2. The van der Waals surface area contributed by atoms with E-state index in [9.17, 15) is 0 Å². The Balaban J connectivity index is 1.28. The van der Waals surface area contributed by atoms with Gasteiger partial charge in [0.2, 0.25) is 0 Å². The molecule has 13 heavy (non-hydrogen) atoms. The van der Waals surface area contributed by atoms with Gasteiger partial charge in [0.05, 0.1) is 0 Å². The van der Waals surface area contributed by atoms with Gasteiger partial charge in [-0.25, -0.2) is 0 Å². The van der Waals surface area contributed by atoms with E-state index in [4.69, 9.17) is 9.47 Å². The molecule has 2 rings (SSSR count). The molecule has 2 atom stereocenters. The van der Waals surface area contributed by atoms with Crippen LogP contribution in [-0.2, 0) is 9.47 Å². The summed E-state index contributed by atoms with van der Waals surface area (Å²) < 4.78 is 11.0. The quantitative estimate of drug-likeness (QED) is 0.374. The summed E-state index contributed by atoms with van der Waals surface area (Å²) in [4.78, 5) is 0. The molecule has 0 bridgehead atoms. The first-order valence-electron chi connectivity index (χ1n) is 4.41. The first kappa shape index (κ1) is 10.7. The van der Waals surface area contributed by atoms with Gasteiger partial charge >= 0.3 is 94.2 Å². The van der Waals surface area contributed by atoms with Crippen LogP contribution in [0.4, 0.5) is 0 Å². The van der Waals surface area contributed by atoms with E-state index in [1.54, 1.807) is 0 Å². The Bertz CT molecular complexity index is 135. The maximum absolute atomic E-state index is 5.50. The van der Waals surface area contributed by atoms with Crippen LogP contribution >= 0.6 is 23.5 Å². The number of hydrogen-bond acceptors (Lipinski definition) is 4. The van der Waals surface area contributed by atoms with Crippen molar-refractivity contribution in [3.63, 3.8) is 0 Å². The molecule has 0 amide bonds. The summed E-state index contributed by atoms with van der Waals surface area (Å²) in [6.07, 6.45) is 0. The molecule has 76 valence electrons. The van der Waals surface area contributed by atoms with Crippen molar-refractivity contribution in [2.24, 2.45) is 0 Å². The molecule has 2 saturated heterocycles. The molecule has 0 spiro atoms. The third-order valence-electron chi connectivity index (χ3n) is 1.75. The SMILES string of the molecule is C(OCC1CS1)[Se]COCC1CS1. The fraction of sp³-hybridized carbons (Fsp3) is 1.00. The van der Waals surface area contributed by atoms with Crippen molar-refractivity contribution in [2.45, 2.75) is 10.5 Å². The van der Waals surface area contributed by atoms with E-state index < -0.39 is 0 Å². The molecule has 2 fully saturated rings. The minimum atomic E-state index is 0.541. The summed E-state index contributed by atoms with van der Waals surface area (Å²) in [5.74, 6) is 2.62. The zero-order valence-corrected chi connectivity index (χ0v) is 10.8. The van der Waals surface area contributed by atoms with Gasteiger partial charge < -0.3 is 0 Å². The zero-order chi connectivity index (χ0) is 8.93. The van der Waals surface area contributed by atoms with Crippen molar-refractivity contribution in [1.29, 1.82) is 0 Å². The van der Waals surface area contributed by atoms with E-state index in [2.05, 4.69) is 0 Å². The van der Waals surface area contributed by atoms with Gasteiger partial charge in [-0.1, -0.05) is 0 Å². The first-order chi connectivity index (χ1) is 6.45. The van der Waals surface area contributed by atoms with Gasteiger partial charge in [0, 0.05) is 0 Å². The molecule has 0 aromatic heterocycles. The predicted molar refractivity (Wildman–Crippen MR) is 59.9 cm³/mol. The van der Waals surface area contributed by atoms with E-state index in [0.29, 0.717) is 15.0 Å². The van der Waals surface area contributed by atoms with E-state index in [1.165, 1.54) is 11.5 Å². The summed E-state index contributed by atoms with van der Waals surface area (Å²) in [6, 6.07) is 0. The molecule has 2 aliphatic heterocycles. The van der Waals surface area contributed by atoms with Crippen LogP contribution in [0.1, 0.15) is 0 Å². The van der Waals surface area contributed by atoms with E-state index in [0.717, 1.165) is 34.7 Å². The van der Waals surface area contributed by atoms with Crippen molar-refractivity contribution < 1.29 is 9.47 Å². The molecule has 2 aliphatic rings. The monoisotopic (exact) mass is 286 g/mol. The molecule has 0 aromatic carbocycles. The molecular weight excluding hydrogens is 271 g/mol. The van der Waals surface area contributed by atoms with Crippen LogP contribution in [0.25, 0.3) is 0 Å². The van der Waals surface area contributed by atoms with Crippen molar-refractivity contribution in [2.75, 3.05) is 35.7 Å². The van der Waals surface area contributed by atoms with E-state index >= 15 is 0 Å². The fourth-order valence-corrected chi connectivity index (χ4v) is 2.73. The van der Waals surface area contributed by atoms with Crippen molar-refractivity contribution >= 4 is 38.5 Å². The molecule has 0 aromatic rings. The zero-order valence-electron chi connectivity index (χ0n) is 7.44. The van der Waals surface area contributed by atoms with E-state index in [1.807, 2.05) is 23.5 Å². The second-order valence-corrected chi connectivity index (χ2v) is 7.60. The summed E-state index contributed by atoms with van der Waals surface area (Å²) in [5, 5.41) is 1.64. The van der Waals surface area contributed by atoms with Crippen LogP contribution in [0, 0.1) is 0 Å². The Labute approximate surface area is 94.0 Å². The average molecular weight is 285 g/mol. The summed E-state index contributed by atoms with van der Waals surface area (Å²) in [6.45, 7) is 1.93. The van der Waals surface area contributed by atoms with Gasteiger partial charge in [0.25, 0.3) is 0 Å². The second kappa shape index (κ2) is 5.88. The summed E-state index contributed by atoms with van der Waals surface area (Å²) in [5.41, 5.74) is 1.86. The molecule has 2 nitrogen and oxygen atoms in total. The van der Waals surface area contributed by atoms with Crippen molar-refractivity contribution in [1.82, 2.24) is 0 Å². The number of hydrogen-bond donors (Lipinski definition) is 0. The normalized spacial score (nSPS) is 30.5.